The molecule has 0 radical (unpaired) electrons. The highest BCUT2D eigenvalue weighted by Crippen LogP contribution is 2.27. The number of carboxylic acid groups (broad SMARTS) is 1. The highest BCUT2D eigenvalue weighted by Gasteiger charge is 2.23. The molecule has 0 aromatic rings. The highest BCUT2D eigenvalue weighted by molar-refractivity contribution is 5.77. The van der Waals surface area contributed by atoms with E-state index >= 15 is 0 Å². The van der Waals surface area contributed by atoms with Crippen LogP contribution in [-0.2, 0) is 9.59 Å². The van der Waals surface area contributed by atoms with Crippen molar-refractivity contribution in [1.29, 1.82) is 0 Å². The summed E-state index contributed by atoms with van der Waals surface area (Å²) < 4.78 is 0. The van der Waals surface area contributed by atoms with Crippen molar-refractivity contribution >= 4 is 11.9 Å². The van der Waals surface area contributed by atoms with E-state index in [1.807, 2.05) is 13.8 Å². The van der Waals surface area contributed by atoms with Gasteiger partial charge in [-0.05, 0) is 17.8 Å². The van der Waals surface area contributed by atoms with Gasteiger partial charge < -0.3 is 10.4 Å². The number of carboxylic acids is 1. The van der Waals surface area contributed by atoms with Crippen molar-refractivity contribution in [2.75, 3.05) is 6.54 Å². The molecule has 0 aromatic carbocycles. The second kappa shape index (κ2) is 6.62. The SMILES string of the molecule is CCC(CNC(=O)CC(C)C(C)(C)C)C(=O)O. The molecule has 0 saturated carbocycles. The van der Waals surface area contributed by atoms with Crippen LogP contribution in [-0.4, -0.2) is 23.5 Å². The van der Waals surface area contributed by atoms with Crippen LogP contribution in [0.5, 0.6) is 0 Å². The minimum Gasteiger partial charge on any atom is -0.481 e. The Bertz CT molecular complexity index is 268. The lowest BCUT2D eigenvalue weighted by Gasteiger charge is -2.26. The first-order valence-electron chi connectivity index (χ1n) is 6.18. The van der Waals surface area contributed by atoms with Crippen LogP contribution in [0, 0.1) is 17.3 Å². The summed E-state index contributed by atoms with van der Waals surface area (Å²) in [5, 5.41) is 11.5. The molecule has 4 heteroatoms. The predicted octanol–water partition coefficient (Wildman–Crippen LogP) is 2.29. The van der Waals surface area contributed by atoms with Gasteiger partial charge in [0.25, 0.3) is 0 Å². The number of nitrogens with one attached hydrogen (secondary N) is 1. The van der Waals surface area contributed by atoms with E-state index in [4.69, 9.17) is 5.11 Å². The van der Waals surface area contributed by atoms with Gasteiger partial charge in [0.15, 0.2) is 0 Å². The molecule has 0 spiro atoms. The highest BCUT2D eigenvalue weighted by atomic mass is 16.4. The van der Waals surface area contributed by atoms with Gasteiger partial charge in [0.2, 0.25) is 5.91 Å². The number of amides is 1. The molecular weight excluding hydrogens is 218 g/mol. The van der Waals surface area contributed by atoms with E-state index in [2.05, 4.69) is 26.1 Å². The summed E-state index contributed by atoms with van der Waals surface area (Å²) in [4.78, 5) is 22.4. The van der Waals surface area contributed by atoms with Crippen LogP contribution < -0.4 is 5.32 Å². The molecule has 2 unspecified atom stereocenters. The third-order valence-corrected chi connectivity index (χ3v) is 3.36. The van der Waals surface area contributed by atoms with Crippen molar-refractivity contribution in [2.24, 2.45) is 17.3 Å². The number of rotatable bonds is 6. The Morgan fingerprint density at radius 2 is 1.82 bits per heavy atom. The molecule has 100 valence electrons. The quantitative estimate of drug-likeness (QED) is 0.752. The van der Waals surface area contributed by atoms with Gasteiger partial charge in [-0.2, -0.15) is 0 Å². The smallest absolute Gasteiger partial charge is 0.308 e. The van der Waals surface area contributed by atoms with Crippen LogP contribution in [0.2, 0.25) is 0 Å². The second-order valence-corrected chi connectivity index (χ2v) is 5.72. The normalized spacial score (nSPS) is 15.1. The minimum atomic E-state index is -0.850. The Balaban J connectivity index is 4.07. The lowest BCUT2D eigenvalue weighted by atomic mass is 9.80. The largest absolute Gasteiger partial charge is 0.481 e. The zero-order valence-electron chi connectivity index (χ0n) is 11.5. The minimum absolute atomic E-state index is 0.0628. The molecular formula is C13H25NO3. The van der Waals surface area contributed by atoms with Gasteiger partial charge in [0.05, 0.1) is 5.92 Å². The van der Waals surface area contributed by atoms with Crippen LogP contribution in [0.4, 0.5) is 0 Å². The zero-order valence-corrected chi connectivity index (χ0v) is 11.5. The summed E-state index contributed by atoms with van der Waals surface area (Å²) >= 11 is 0. The molecule has 0 rings (SSSR count). The van der Waals surface area contributed by atoms with Gasteiger partial charge in [0, 0.05) is 13.0 Å². The molecule has 2 N–H and O–H groups in total. The standard InChI is InChI=1S/C13H25NO3/c1-6-10(12(16)17)8-14-11(15)7-9(2)13(3,4)5/h9-10H,6-8H2,1-5H3,(H,14,15)(H,16,17). The first-order valence-corrected chi connectivity index (χ1v) is 6.18. The summed E-state index contributed by atoms with van der Waals surface area (Å²) in [7, 11) is 0. The molecule has 0 aliphatic rings. The van der Waals surface area contributed by atoms with E-state index in [1.165, 1.54) is 0 Å². The molecule has 0 heterocycles. The van der Waals surface area contributed by atoms with E-state index in [9.17, 15) is 9.59 Å². The average molecular weight is 243 g/mol. The van der Waals surface area contributed by atoms with Crippen molar-refractivity contribution in [2.45, 2.75) is 47.5 Å². The summed E-state index contributed by atoms with van der Waals surface area (Å²) in [5.74, 6) is -1.12. The lowest BCUT2D eigenvalue weighted by Crippen LogP contribution is -2.34. The van der Waals surface area contributed by atoms with Crippen LogP contribution in [0.1, 0.15) is 47.5 Å². The number of aliphatic carboxylic acids is 1. The third kappa shape index (κ3) is 6.29. The summed E-state index contributed by atoms with van der Waals surface area (Å²) in [6.07, 6.45) is 0.976. The Hall–Kier alpha value is -1.06. The monoisotopic (exact) mass is 243 g/mol. The first-order chi connectivity index (χ1) is 7.68. The fraction of sp³-hybridized carbons (Fsp3) is 0.846. The Morgan fingerprint density at radius 3 is 2.18 bits per heavy atom. The summed E-state index contributed by atoms with van der Waals surface area (Å²) in [5.41, 5.74) is 0.0916. The van der Waals surface area contributed by atoms with Crippen LogP contribution >= 0.6 is 0 Å². The molecule has 0 aliphatic heterocycles. The molecule has 1 amide bonds. The van der Waals surface area contributed by atoms with Crippen molar-refractivity contribution in [1.82, 2.24) is 5.32 Å². The van der Waals surface area contributed by atoms with Crippen LogP contribution in [0.3, 0.4) is 0 Å². The fourth-order valence-electron chi connectivity index (χ4n) is 1.30. The molecule has 0 aliphatic carbocycles. The summed E-state index contributed by atoms with van der Waals surface area (Å²) in [6, 6.07) is 0. The third-order valence-electron chi connectivity index (χ3n) is 3.36. The van der Waals surface area contributed by atoms with Crippen molar-refractivity contribution < 1.29 is 14.7 Å². The number of carbonyl (C=O) groups is 2. The van der Waals surface area contributed by atoms with E-state index in [0.717, 1.165) is 0 Å². The topological polar surface area (TPSA) is 66.4 Å². The van der Waals surface area contributed by atoms with Crippen LogP contribution in [0.25, 0.3) is 0 Å². The van der Waals surface area contributed by atoms with Gasteiger partial charge in [-0.3, -0.25) is 9.59 Å². The van der Waals surface area contributed by atoms with Gasteiger partial charge >= 0.3 is 5.97 Å². The van der Waals surface area contributed by atoms with Gasteiger partial charge in [0.1, 0.15) is 0 Å². The molecule has 0 bridgehead atoms. The molecule has 0 saturated heterocycles. The Labute approximate surface area is 104 Å². The Morgan fingerprint density at radius 1 is 1.29 bits per heavy atom. The second-order valence-electron chi connectivity index (χ2n) is 5.72. The zero-order chi connectivity index (χ0) is 13.6. The van der Waals surface area contributed by atoms with Gasteiger partial charge in [-0.15, -0.1) is 0 Å². The van der Waals surface area contributed by atoms with E-state index in [-0.39, 0.29) is 23.8 Å². The first kappa shape index (κ1) is 15.9. The van der Waals surface area contributed by atoms with Crippen molar-refractivity contribution in [3.8, 4) is 0 Å². The maximum atomic E-state index is 11.6. The number of carbonyl (C=O) groups excluding carboxylic acids is 1. The fourth-order valence-corrected chi connectivity index (χ4v) is 1.30. The molecule has 0 aromatic heterocycles. The van der Waals surface area contributed by atoms with Crippen LogP contribution in [0.15, 0.2) is 0 Å². The average Bonchev–Trinajstić information content (AvgIpc) is 2.16. The number of hydrogen-bond donors (Lipinski definition) is 2. The van der Waals surface area contributed by atoms with Crippen molar-refractivity contribution in [3.05, 3.63) is 0 Å². The Kier molecular flexibility index (Phi) is 6.21. The predicted molar refractivity (Wildman–Crippen MR) is 67.7 cm³/mol. The maximum Gasteiger partial charge on any atom is 0.308 e. The van der Waals surface area contributed by atoms with Crippen molar-refractivity contribution in [3.63, 3.8) is 0 Å². The summed E-state index contributed by atoms with van der Waals surface area (Å²) in [6.45, 7) is 10.4. The van der Waals surface area contributed by atoms with Gasteiger partial charge in [-0.25, -0.2) is 0 Å². The maximum absolute atomic E-state index is 11.6. The molecule has 0 fully saturated rings. The van der Waals surface area contributed by atoms with E-state index in [1.54, 1.807) is 0 Å². The molecule has 17 heavy (non-hydrogen) atoms. The van der Waals surface area contributed by atoms with Gasteiger partial charge in [-0.1, -0.05) is 34.6 Å². The van der Waals surface area contributed by atoms with E-state index in [0.29, 0.717) is 12.8 Å². The number of hydrogen-bond acceptors (Lipinski definition) is 2. The van der Waals surface area contributed by atoms with E-state index < -0.39 is 11.9 Å². The lowest BCUT2D eigenvalue weighted by molar-refractivity contribution is -0.141. The molecule has 2 atom stereocenters. The molecule has 4 nitrogen and oxygen atoms in total.